The first kappa shape index (κ1) is 18.5. The largest absolute Gasteiger partial charge is 0.497 e. The molecule has 0 bridgehead atoms. The van der Waals surface area contributed by atoms with E-state index in [2.05, 4.69) is 10.3 Å². The topological polar surface area (TPSA) is 60.5 Å². The molecule has 0 fully saturated rings. The molecule has 1 aromatic heterocycles. The summed E-state index contributed by atoms with van der Waals surface area (Å²) in [5.41, 5.74) is 3.64. The molecule has 1 N–H and O–H groups in total. The Kier molecular flexibility index (Phi) is 5.12. The fourth-order valence-electron chi connectivity index (χ4n) is 3.26. The Hall–Kier alpha value is -3.86. The number of pyridine rings is 1. The number of nitrogens with one attached hydrogen (secondary N) is 1. The van der Waals surface area contributed by atoms with Crippen LogP contribution < -0.4 is 14.8 Å². The highest BCUT2D eigenvalue weighted by atomic mass is 16.5. The molecule has 144 valence electrons. The zero-order chi connectivity index (χ0) is 20.2. The Bertz CT molecular complexity index is 1170. The lowest BCUT2D eigenvalue weighted by Crippen LogP contribution is -2.14. The van der Waals surface area contributed by atoms with Gasteiger partial charge in [-0.2, -0.15) is 0 Å². The van der Waals surface area contributed by atoms with Crippen LogP contribution in [0.3, 0.4) is 0 Å². The number of hydrogen-bond donors (Lipinski definition) is 1. The van der Waals surface area contributed by atoms with E-state index in [0.29, 0.717) is 17.0 Å². The first-order chi connectivity index (χ1) is 14.2. The van der Waals surface area contributed by atoms with E-state index in [4.69, 9.17) is 9.47 Å². The number of ether oxygens (including phenoxy) is 2. The van der Waals surface area contributed by atoms with Crippen LogP contribution in [0, 0.1) is 0 Å². The van der Waals surface area contributed by atoms with Gasteiger partial charge in [0.05, 0.1) is 31.0 Å². The highest BCUT2D eigenvalue weighted by molar-refractivity contribution is 6.11. The zero-order valence-corrected chi connectivity index (χ0v) is 16.2. The molecule has 0 unspecified atom stereocenters. The van der Waals surface area contributed by atoms with Gasteiger partial charge in [-0.15, -0.1) is 0 Å². The molecule has 0 aliphatic heterocycles. The molecule has 0 aliphatic rings. The first-order valence-corrected chi connectivity index (χ1v) is 9.17. The molecule has 0 spiro atoms. The van der Waals surface area contributed by atoms with Crippen LogP contribution in [0.5, 0.6) is 11.5 Å². The highest BCUT2D eigenvalue weighted by Gasteiger charge is 2.16. The molecule has 29 heavy (non-hydrogen) atoms. The van der Waals surface area contributed by atoms with Gasteiger partial charge in [0, 0.05) is 11.6 Å². The van der Waals surface area contributed by atoms with Crippen molar-refractivity contribution in [3.63, 3.8) is 0 Å². The molecule has 1 heterocycles. The molecule has 0 saturated heterocycles. The Morgan fingerprint density at radius 3 is 2.34 bits per heavy atom. The van der Waals surface area contributed by atoms with Crippen LogP contribution in [-0.2, 0) is 0 Å². The molecular weight excluding hydrogens is 364 g/mol. The van der Waals surface area contributed by atoms with Crippen LogP contribution in [0.25, 0.3) is 22.0 Å². The smallest absolute Gasteiger partial charge is 0.256 e. The Labute approximate surface area is 168 Å². The first-order valence-electron chi connectivity index (χ1n) is 9.17. The van der Waals surface area contributed by atoms with Crippen molar-refractivity contribution in [3.05, 3.63) is 84.6 Å². The molecule has 5 nitrogen and oxygen atoms in total. The van der Waals surface area contributed by atoms with Gasteiger partial charge in [0.15, 0.2) is 0 Å². The number of carbonyl (C=O) groups excluding carboxylic acids is 1. The van der Waals surface area contributed by atoms with Gasteiger partial charge in [0.1, 0.15) is 11.5 Å². The summed E-state index contributed by atoms with van der Waals surface area (Å²) in [6, 6.07) is 22.6. The average Bonchev–Trinajstić information content (AvgIpc) is 2.79. The van der Waals surface area contributed by atoms with Gasteiger partial charge in [0.2, 0.25) is 0 Å². The van der Waals surface area contributed by atoms with Gasteiger partial charge in [-0.1, -0.05) is 30.3 Å². The van der Waals surface area contributed by atoms with Crippen LogP contribution in [0.1, 0.15) is 10.4 Å². The second kappa shape index (κ2) is 8.02. The number of para-hydroxylation sites is 1. The minimum atomic E-state index is -0.229. The molecular formula is C24H20N2O3. The van der Waals surface area contributed by atoms with E-state index in [1.807, 2.05) is 66.7 Å². The van der Waals surface area contributed by atoms with E-state index in [1.165, 1.54) is 0 Å². The van der Waals surface area contributed by atoms with Crippen molar-refractivity contribution in [1.29, 1.82) is 0 Å². The summed E-state index contributed by atoms with van der Waals surface area (Å²) < 4.78 is 10.6. The number of methoxy groups -OCH3 is 2. The minimum Gasteiger partial charge on any atom is -0.497 e. The molecule has 0 saturated carbocycles. The van der Waals surface area contributed by atoms with Crippen LogP contribution >= 0.6 is 0 Å². The summed E-state index contributed by atoms with van der Waals surface area (Å²) in [6.07, 6.45) is 1.71. The second-order valence-corrected chi connectivity index (χ2v) is 6.47. The lowest BCUT2D eigenvalue weighted by atomic mass is 9.98. The van der Waals surface area contributed by atoms with Gasteiger partial charge in [-0.05, 0) is 53.6 Å². The van der Waals surface area contributed by atoms with Crippen molar-refractivity contribution in [2.75, 3.05) is 19.5 Å². The van der Waals surface area contributed by atoms with Gasteiger partial charge in [-0.25, -0.2) is 0 Å². The monoisotopic (exact) mass is 384 g/mol. The van der Waals surface area contributed by atoms with E-state index >= 15 is 0 Å². The second-order valence-electron chi connectivity index (χ2n) is 6.47. The SMILES string of the molecule is COc1ccc(-c2ccc(OC)cc2C(=O)Nc2cccc3cccnc23)cc1. The third kappa shape index (κ3) is 3.75. The lowest BCUT2D eigenvalue weighted by molar-refractivity contribution is 0.102. The van der Waals surface area contributed by atoms with E-state index in [-0.39, 0.29) is 5.91 Å². The maximum absolute atomic E-state index is 13.2. The summed E-state index contributed by atoms with van der Waals surface area (Å²) in [6.45, 7) is 0. The summed E-state index contributed by atoms with van der Waals surface area (Å²) in [5, 5.41) is 3.97. The summed E-state index contributed by atoms with van der Waals surface area (Å²) in [7, 11) is 3.21. The molecule has 3 aromatic carbocycles. The minimum absolute atomic E-state index is 0.229. The number of carbonyl (C=O) groups is 1. The van der Waals surface area contributed by atoms with E-state index in [1.54, 1.807) is 26.5 Å². The Balaban J connectivity index is 1.75. The number of rotatable bonds is 5. The lowest BCUT2D eigenvalue weighted by Gasteiger charge is -2.13. The molecule has 0 radical (unpaired) electrons. The zero-order valence-electron chi connectivity index (χ0n) is 16.2. The molecule has 1 amide bonds. The molecule has 0 atom stereocenters. The van der Waals surface area contributed by atoms with Crippen molar-refractivity contribution < 1.29 is 14.3 Å². The van der Waals surface area contributed by atoms with E-state index in [0.717, 1.165) is 27.8 Å². The fourth-order valence-corrected chi connectivity index (χ4v) is 3.26. The van der Waals surface area contributed by atoms with E-state index in [9.17, 15) is 4.79 Å². The van der Waals surface area contributed by atoms with Crippen molar-refractivity contribution in [2.45, 2.75) is 0 Å². The van der Waals surface area contributed by atoms with Crippen molar-refractivity contribution >= 4 is 22.5 Å². The number of benzene rings is 3. The maximum Gasteiger partial charge on any atom is 0.256 e. The number of amides is 1. The number of aromatic nitrogens is 1. The maximum atomic E-state index is 13.2. The molecule has 0 aliphatic carbocycles. The summed E-state index contributed by atoms with van der Waals surface area (Å²) in [5.74, 6) is 1.14. The average molecular weight is 384 g/mol. The van der Waals surface area contributed by atoms with Gasteiger partial charge in [0.25, 0.3) is 5.91 Å². The standard InChI is InChI=1S/C24H20N2O3/c1-28-18-10-8-16(9-11-18)20-13-12-19(29-2)15-21(20)24(27)26-22-7-3-5-17-6-4-14-25-23(17)22/h3-15H,1-2H3,(H,26,27). The number of anilines is 1. The normalized spacial score (nSPS) is 10.6. The summed E-state index contributed by atoms with van der Waals surface area (Å²) in [4.78, 5) is 17.6. The van der Waals surface area contributed by atoms with Crippen LogP contribution in [-0.4, -0.2) is 25.1 Å². The molecule has 4 aromatic rings. The van der Waals surface area contributed by atoms with Gasteiger partial charge < -0.3 is 14.8 Å². The predicted molar refractivity (Wildman–Crippen MR) is 115 cm³/mol. The van der Waals surface area contributed by atoms with Crippen molar-refractivity contribution in [3.8, 4) is 22.6 Å². The molecule has 4 rings (SSSR count). The highest BCUT2D eigenvalue weighted by Crippen LogP contribution is 2.30. The van der Waals surface area contributed by atoms with E-state index < -0.39 is 0 Å². The quantitative estimate of drug-likeness (QED) is 0.516. The predicted octanol–water partition coefficient (Wildman–Crippen LogP) is 5.17. The fraction of sp³-hybridized carbons (Fsp3) is 0.0833. The van der Waals surface area contributed by atoms with Gasteiger partial charge >= 0.3 is 0 Å². The molecule has 5 heteroatoms. The van der Waals surface area contributed by atoms with Crippen LogP contribution in [0.4, 0.5) is 5.69 Å². The van der Waals surface area contributed by atoms with Crippen LogP contribution in [0.2, 0.25) is 0 Å². The summed E-state index contributed by atoms with van der Waals surface area (Å²) >= 11 is 0. The van der Waals surface area contributed by atoms with Crippen molar-refractivity contribution in [1.82, 2.24) is 4.98 Å². The Morgan fingerprint density at radius 2 is 1.59 bits per heavy atom. The number of nitrogens with zero attached hydrogens (tertiary/aromatic N) is 1. The van der Waals surface area contributed by atoms with Crippen molar-refractivity contribution in [2.24, 2.45) is 0 Å². The third-order valence-corrected chi connectivity index (χ3v) is 4.75. The third-order valence-electron chi connectivity index (χ3n) is 4.75. The van der Waals surface area contributed by atoms with Crippen LogP contribution in [0.15, 0.2) is 79.0 Å². The number of fused-ring (bicyclic) bond motifs is 1. The van der Waals surface area contributed by atoms with Gasteiger partial charge in [-0.3, -0.25) is 9.78 Å². The Morgan fingerprint density at radius 1 is 0.862 bits per heavy atom. The number of hydrogen-bond acceptors (Lipinski definition) is 4.